The van der Waals surface area contributed by atoms with Crippen molar-refractivity contribution in [3.63, 3.8) is 0 Å². The molecular formula is C21H26FN3O3S. The van der Waals surface area contributed by atoms with E-state index >= 15 is 0 Å². The van der Waals surface area contributed by atoms with Crippen LogP contribution in [0.2, 0.25) is 0 Å². The van der Waals surface area contributed by atoms with Crippen molar-refractivity contribution in [1.29, 1.82) is 0 Å². The van der Waals surface area contributed by atoms with E-state index in [1.807, 2.05) is 25.1 Å². The van der Waals surface area contributed by atoms with Crippen molar-refractivity contribution in [2.24, 2.45) is 0 Å². The summed E-state index contributed by atoms with van der Waals surface area (Å²) in [6, 6.07) is 14.2. The molecule has 1 heterocycles. The molecule has 1 amide bonds. The minimum absolute atomic E-state index is 0.0552. The van der Waals surface area contributed by atoms with E-state index in [4.69, 9.17) is 0 Å². The van der Waals surface area contributed by atoms with Gasteiger partial charge in [0.2, 0.25) is 15.9 Å². The van der Waals surface area contributed by atoms with Crippen molar-refractivity contribution < 1.29 is 17.6 Å². The van der Waals surface area contributed by atoms with Crippen LogP contribution in [-0.2, 0) is 21.4 Å². The van der Waals surface area contributed by atoms with Crippen molar-refractivity contribution in [2.45, 2.75) is 37.4 Å². The Hall–Kier alpha value is -2.29. The predicted octanol–water partition coefficient (Wildman–Crippen LogP) is 2.23. The summed E-state index contributed by atoms with van der Waals surface area (Å²) in [5.74, 6) is -1.15. The third kappa shape index (κ3) is 5.20. The monoisotopic (exact) mass is 419 g/mol. The van der Waals surface area contributed by atoms with E-state index in [1.54, 1.807) is 4.90 Å². The van der Waals surface area contributed by atoms with Gasteiger partial charge in [0.25, 0.3) is 0 Å². The Morgan fingerprint density at radius 3 is 2.45 bits per heavy atom. The van der Waals surface area contributed by atoms with Gasteiger partial charge in [-0.25, -0.2) is 12.8 Å². The van der Waals surface area contributed by atoms with Gasteiger partial charge in [0.1, 0.15) is 10.7 Å². The van der Waals surface area contributed by atoms with Gasteiger partial charge in [-0.1, -0.05) is 42.5 Å². The lowest BCUT2D eigenvalue weighted by Gasteiger charge is -2.41. The van der Waals surface area contributed by atoms with E-state index in [-0.39, 0.29) is 11.9 Å². The zero-order chi connectivity index (χ0) is 21.0. The minimum atomic E-state index is -4.13. The van der Waals surface area contributed by atoms with Gasteiger partial charge in [0.05, 0.1) is 6.04 Å². The Morgan fingerprint density at radius 1 is 1.14 bits per heavy atom. The molecule has 0 unspecified atom stereocenters. The summed E-state index contributed by atoms with van der Waals surface area (Å²) in [4.78, 5) is 16.4. The number of hydrogen-bond acceptors (Lipinski definition) is 4. The van der Waals surface area contributed by atoms with Crippen LogP contribution >= 0.6 is 0 Å². The molecule has 1 aliphatic rings. The third-order valence-corrected chi connectivity index (χ3v) is 6.65. The van der Waals surface area contributed by atoms with Crippen LogP contribution in [0.1, 0.15) is 19.4 Å². The molecule has 2 aromatic carbocycles. The quantitative estimate of drug-likeness (QED) is 0.780. The standard InChI is InChI=1S/C21H26FN3O3S/c1-16-14-24(15-18-8-4-3-5-9-18)12-13-25(16)21(26)17(2)23-29(27,28)20-11-7-6-10-19(20)22/h3-11,16-17,23H,12-15H2,1-2H3/t16-,17+/m1/s1. The molecule has 1 aliphatic heterocycles. The fourth-order valence-electron chi connectivity index (χ4n) is 3.60. The first kappa shape index (κ1) is 21.4. The zero-order valence-corrected chi connectivity index (χ0v) is 17.4. The first-order valence-corrected chi connectivity index (χ1v) is 11.1. The first-order valence-electron chi connectivity index (χ1n) is 9.61. The lowest BCUT2D eigenvalue weighted by Crippen LogP contribution is -2.57. The number of nitrogens with zero attached hydrogens (tertiary/aromatic N) is 2. The van der Waals surface area contributed by atoms with Gasteiger partial charge in [0.15, 0.2) is 0 Å². The largest absolute Gasteiger partial charge is 0.336 e. The van der Waals surface area contributed by atoms with Crippen molar-refractivity contribution in [3.8, 4) is 0 Å². The molecule has 1 N–H and O–H groups in total. The molecule has 8 heteroatoms. The summed E-state index contributed by atoms with van der Waals surface area (Å²) in [5, 5.41) is 0. The lowest BCUT2D eigenvalue weighted by atomic mass is 10.1. The highest BCUT2D eigenvalue weighted by Gasteiger charge is 2.32. The van der Waals surface area contributed by atoms with Crippen molar-refractivity contribution in [3.05, 3.63) is 66.0 Å². The summed E-state index contributed by atoms with van der Waals surface area (Å²) in [6.07, 6.45) is 0. The molecule has 0 aliphatic carbocycles. The number of piperazine rings is 1. The van der Waals surface area contributed by atoms with Crippen LogP contribution in [0, 0.1) is 5.82 Å². The molecule has 1 saturated heterocycles. The summed E-state index contributed by atoms with van der Waals surface area (Å²) < 4.78 is 41.1. The van der Waals surface area contributed by atoms with Crippen molar-refractivity contribution in [2.75, 3.05) is 19.6 Å². The molecule has 0 saturated carbocycles. The first-order chi connectivity index (χ1) is 13.8. The maximum atomic E-state index is 13.9. The molecular weight excluding hydrogens is 393 g/mol. The minimum Gasteiger partial charge on any atom is -0.336 e. The topological polar surface area (TPSA) is 69.7 Å². The van der Waals surface area contributed by atoms with Gasteiger partial charge in [-0.3, -0.25) is 9.69 Å². The highest BCUT2D eigenvalue weighted by atomic mass is 32.2. The zero-order valence-electron chi connectivity index (χ0n) is 16.6. The molecule has 0 aromatic heterocycles. The Bertz CT molecular complexity index is 953. The second-order valence-corrected chi connectivity index (χ2v) is 9.06. The van der Waals surface area contributed by atoms with Gasteiger partial charge in [-0.2, -0.15) is 4.72 Å². The Kier molecular flexibility index (Phi) is 6.66. The number of rotatable bonds is 6. The smallest absolute Gasteiger partial charge is 0.244 e. The summed E-state index contributed by atoms with van der Waals surface area (Å²) in [5.41, 5.74) is 1.21. The second-order valence-electron chi connectivity index (χ2n) is 7.37. The Balaban J connectivity index is 1.61. The average Bonchev–Trinajstić information content (AvgIpc) is 2.68. The SMILES string of the molecule is C[C@H](NS(=O)(=O)c1ccccc1F)C(=O)N1CCN(Cc2ccccc2)C[C@H]1C. The van der Waals surface area contributed by atoms with Crippen molar-refractivity contribution >= 4 is 15.9 Å². The fraction of sp³-hybridized carbons (Fsp3) is 0.381. The molecule has 29 heavy (non-hydrogen) atoms. The normalized spacial score (nSPS) is 19.1. The van der Waals surface area contributed by atoms with Crippen LogP contribution in [0.3, 0.4) is 0 Å². The van der Waals surface area contributed by atoms with E-state index in [0.29, 0.717) is 19.6 Å². The summed E-state index contributed by atoms with van der Waals surface area (Å²) in [7, 11) is -4.13. The van der Waals surface area contributed by atoms with E-state index in [0.717, 1.165) is 12.6 Å². The molecule has 0 radical (unpaired) electrons. The van der Waals surface area contributed by atoms with Gasteiger partial charge in [0, 0.05) is 32.2 Å². The number of carbonyl (C=O) groups excluding carboxylic acids is 1. The number of halogens is 1. The molecule has 156 valence electrons. The van der Waals surface area contributed by atoms with Gasteiger partial charge in [-0.05, 0) is 31.5 Å². The molecule has 2 aromatic rings. The molecule has 0 bridgehead atoms. The van der Waals surface area contributed by atoms with E-state index in [2.05, 4.69) is 21.8 Å². The maximum absolute atomic E-state index is 13.9. The van der Waals surface area contributed by atoms with Crippen LogP contribution in [0.15, 0.2) is 59.5 Å². The third-order valence-electron chi connectivity index (χ3n) is 5.07. The molecule has 1 fully saturated rings. The number of amides is 1. The average molecular weight is 420 g/mol. The highest BCUT2D eigenvalue weighted by molar-refractivity contribution is 7.89. The lowest BCUT2D eigenvalue weighted by molar-refractivity contribution is -0.137. The van der Waals surface area contributed by atoms with Crippen LogP contribution in [0.25, 0.3) is 0 Å². The Morgan fingerprint density at radius 2 is 1.79 bits per heavy atom. The number of sulfonamides is 1. The number of hydrogen-bond donors (Lipinski definition) is 1. The van der Waals surface area contributed by atoms with Crippen molar-refractivity contribution in [1.82, 2.24) is 14.5 Å². The maximum Gasteiger partial charge on any atom is 0.244 e. The van der Waals surface area contributed by atoms with Gasteiger partial charge in [-0.15, -0.1) is 0 Å². The van der Waals surface area contributed by atoms with Crippen LogP contribution in [-0.4, -0.2) is 55.8 Å². The Labute approximate surface area is 171 Å². The second kappa shape index (κ2) is 9.02. The molecule has 3 rings (SSSR count). The number of carbonyl (C=O) groups is 1. The number of nitrogens with one attached hydrogen (secondary N) is 1. The van der Waals surface area contributed by atoms with E-state index in [9.17, 15) is 17.6 Å². The molecule has 0 spiro atoms. The number of benzene rings is 2. The van der Waals surface area contributed by atoms with E-state index < -0.39 is 26.8 Å². The summed E-state index contributed by atoms with van der Waals surface area (Å²) >= 11 is 0. The predicted molar refractivity (Wildman–Crippen MR) is 109 cm³/mol. The molecule has 2 atom stereocenters. The van der Waals surface area contributed by atoms with Gasteiger partial charge < -0.3 is 4.90 Å². The van der Waals surface area contributed by atoms with Crippen LogP contribution in [0.4, 0.5) is 4.39 Å². The van der Waals surface area contributed by atoms with Crippen LogP contribution < -0.4 is 4.72 Å². The van der Waals surface area contributed by atoms with Gasteiger partial charge >= 0.3 is 0 Å². The summed E-state index contributed by atoms with van der Waals surface area (Å²) in [6.45, 7) is 6.17. The highest BCUT2D eigenvalue weighted by Crippen LogP contribution is 2.17. The van der Waals surface area contributed by atoms with E-state index in [1.165, 1.54) is 30.7 Å². The fourth-order valence-corrected chi connectivity index (χ4v) is 4.88. The molecule has 6 nitrogen and oxygen atoms in total. The van der Waals surface area contributed by atoms with Crippen LogP contribution in [0.5, 0.6) is 0 Å².